The molecule has 0 heterocycles. The Morgan fingerprint density at radius 1 is 0.880 bits per heavy atom. The van der Waals surface area contributed by atoms with Gasteiger partial charge < -0.3 is 14.9 Å². The molecule has 25 heavy (non-hydrogen) atoms. The molecule has 0 bridgehead atoms. The Kier molecular flexibility index (Phi) is 31.7. The van der Waals surface area contributed by atoms with Gasteiger partial charge in [-0.2, -0.15) is 0 Å². The van der Waals surface area contributed by atoms with Crippen LogP contribution in [0.4, 0.5) is 0 Å². The molecule has 0 aliphatic heterocycles. The molecule has 2 N–H and O–H groups in total. The van der Waals surface area contributed by atoms with E-state index in [1.807, 2.05) is 13.0 Å². The van der Waals surface area contributed by atoms with Crippen molar-refractivity contribution in [3.8, 4) is 5.75 Å². The summed E-state index contributed by atoms with van der Waals surface area (Å²) in [5.74, 6) is 1.03. The summed E-state index contributed by atoms with van der Waals surface area (Å²) in [7, 11) is 2.68. The number of aliphatic hydroxyl groups is 1. The van der Waals surface area contributed by atoms with Gasteiger partial charge in [0.1, 0.15) is 5.75 Å². The van der Waals surface area contributed by atoms with Crippen molar-refractivity contribution in [2.75, 3.05) is 20.8 Å². The van der Waals surface area contributed by atoms with Gasteiger partial charge in [-0.15, -0.1) is 0 Å². The van der Waals surface area contributed by atoms with Crippen LogP contribution in [0, 0.1) is 0 Å². The van der Waals surface area contributed by atoms with Gasteiger partial charge in [0.25, 0.3) is 0 Å². The van der Waals surface area contributed by atoms with E-state index in [4.69, 9.17) is 10.2 Å². The van der Waals surface area contributed by atoms with Gasteiger partial charge in [0.05, 0.1) is 0 Å². The molecule has 1 unspecified atom stereocenters. The third-order valence-corrected chi connectivity index (χ3v) is 3.03. The molecule has 144 valence electrons. The SMILES string of the molecule is C.CCC(C)c1ccccc1.CCOC.CO.Oc1ccccc1.[W]. The summed E-state index contributed by atoms with van der Waals surface area (Å²) in [6, 6.07) is 19.3. The van der Waals surface area contributed by atoms with Crippen molar-refractivity contribution in [1.82, 2.24) is 0 Å². The predicted molar refractivity (Wildman–Crippen MR) is 106 cm³/mol. The second-order valence-electron chi connectivity index (χ2n) is 4.63. The van der Waals surface area contributed by atoms with Crippen LogP contribution in [0.3, 0.4) is 0 Å². The van der Waals surface area contributed by atoms with E-state index in [0.717, 1.165) is 13.7 Å². The Hall–Kier alpha value is -1.15. The van der Waals surface area contributed by atoms with Gasteiger partial charge in [-0.1, -0.05) is 69.8 Å². The molecular weight excluding hydrogens is 484 g/mol. The molecule has 0 saturated heterocycles. The molecule has 2 aromatic carbocycles. The Morgan fingerprint density at radius 3 is 1.48 bits per heavy atom. The molecule has 0 aromatic heterocycles. The molecule has 0 amide bonds. The Morgan fingerprint density at radius 2 is 1.24 bits per heavy atom. The number of hydrogen-bond acceptors (Lipinski definition) is 3. The van der Waals surface area contributed by atoms with Gasteiger partial charge in [-0.25, -0.2) is 0 Å². The number of methoxy groups -OCH3 is 1. The van der Waals surface area contributed by atoms with Crippen molar-refractivity contribution in [3.05, 3.63) is 66.2 Å². The predicted octanol–water partition coefficient (Wildman–Crippen LogP) is 5.49. The van der Waals surface area contributed by atoms with Gasteiger partial charge in [-0.05, 0) is 37.0 Å². The van der Waals surface area contributed by atoms with Gasteiger partial charge in [0, 0.05) is 41.9 Å². The van der Waals surface area contributed by atoms with Crippen LogP contribution in [0.15, 0.2) is 60.7 Å². The number of hydrogen-bond donors (Lipinski definition) is 2. The quantitative estimate of drug-likeness (QED) is 0.563. The summed E-state index contributed by atoms with van der Waals surface area (Å²) in [6.07, 6.45) is 1.23. The molecule has 2 aromatic rings. The smallest absolute Gasteiger partial charge is 0.115 e. The van der Waals surface area contributed by atoms with E-state index in [0.29, 0.717) is 11.7 Å². The first-order valence-electron chi connectivity index (χ1n) is 7.88. The zero-order valence-electron chi connectivity index (χ0n) is 15.5. The Balaban J connectivity index is -0.000000130. The van der Waals surface area contributed by atoms with Crippen LogP contribution in [-0.2, 0) is 25.8 Å². The normalized spacial score (nSPS) is 9.04. The van der Waals surface area contributed by atoms with Crippen LogP contribution >= 0.6 is 0 Å². The molecule has 2 rings (SSSR count). The Labute approximate surface area is 169 Å². The van der Waals surface area contributed by atoms with E-state index in [9.17, 15) is 0 Å². The molecule has 0 radical (unpaired) electrons. The van der Waals surface area contributed by atoms with Crippen LogP contribution in [0.1, 0.15) is 46.1 Å². The fourth-order valence-corrected chi connectivity index (χ4v) is 1.45. The number of phenols is 1. The van der Waals surface area contributed by atoms with Crippen LogP contribution in [-0.4, -0.2) is 31.0 Å². The molecule has 0 aliphatic rings. The number of ether oxygens (including phenoxy) is 1. The van der Waals surface area contributed by atoms with Crippen molar-refractivity contribution in [1.29, 1.82) is 0 Å². The monoisotopic (exact) mass is 520 g/mol. The number of aliphatic hydroxyl groups excluding tert-OH is 1. The van der Waals surface area contributed by atoms with Crippen molar-refractivity contribution < 1.29 is 36.0 Å². The average molecular weight is 520 g/mol. The summed E-state index contributed by atoms with van der Waals surface area (Å²) < 4.78 is 4.54. The first kappa shape index (κ1) is 31.6. The summed E-state index contributed by atoms with van der Waals surface area (Å²) in [4.78, 5) is 0. The second kappa shape index (κ2) is 25.1. The van der Waals surface area contributed by atoms with Gasteiger partial charge in [0.2, 0.25) is 0 Å². The number of phenolic OH excluding ortho intramolecular Hbond substituents is 1. The number of rotatable bonds is 3. The maximum Gasteiger partial charge on any atom is 0.115 e. The Bertz CT molecular complexity index is 433. The largest absolute Gasteiger partial charge is 0.508 e. The van der Waals surface area contributed by atoms with Crippen molar-refractivity contribution in [2.24, 2.45) is 0 Å². The van der Waals surface area contributed by atoms with Crippen LogP contribution in [0.25, 0.3) is 0 Å². The number of aromatic hydroxyl groups is 1. The van der Waals surface area contributed by atoms with E-state index >= 15 is 0 Å². The van der Waals surface area contributed by atoms with E-state index in [2.05, 4.69) is 48.9 Å². The van der Waals surface area contributed by atoms with Crippen molar-refractivity contribution >= 4 is 0 Å². The number of para-hydroxylation sites is 1. The third-order valence-electron chi connectivity index (χ3n) is 3.03. The summed E-state index contributed by atoms with van der Waals surface area (Å²) >= 11 is 0. The average Bonchev–Trinajstić information content (AvgIpc) is 2.65. The van der Waals surface area contributed by atoms with Gasteiger partial charge >= 0.3 is 0 Å². The minimum absolute atomic E-state index is 0. The molecule has 3 nitrogen and oxygen atoms in total. The maximum absolute atomic E-state index is 8.63. The van der Waals surface area contributed by atoms with E-state index < -0.39 is 0 Å². The molecule has 0 spiro atoms. The molecular formula is C21H36O3W. The first-order chi connectivity index (χ1) is 11.2. The van der Waals surface area contributed by atoms with Crippen LogP contribution in [0.5, 0.6) is 5.75 Å². The molecule has 0 fully saturated rings. The molecule has 1 atom stereocenters. The van der Waals surface area contributed by atoms with E-state index in [1.54, 1.807) is 31.4 Å². The van der Waals surface area contributed by atoms with E-state index in [1.165, 1.54) is 12.0 Å². The fraction of sp³-hybridized carbons (Fsp3) is 0.429. The maximum atomic E-state index is 8.63. The van der Waals surface area contributed by atoms with Crippen LogP contribution < -0.4 is 0 Å². The third kappa shape index (κ3) is 20.8. The zero-order valence-corrected chi connectivity index (χ0v) is 18.4. The van der Waals surface area contributed by atoms with Gasteiger partial charge in [0.15, 0.2) is 0 Å². The topological polar surface area (TPSA) is 49.7 Å². The zero-order chi connectivity index (χ0) is 17.9. The summed E-state index contributed by atoms with van der Waals surface area (Å²) in [5, 5.41) is 15.6. The number of benzene rings is 2. The summed E-state index contributed by atoms with van der Waals surface area (Å²) in [5.41, 5.74) is 1.45. The standard InChI is InChI=1S/C10H14.C6H6O.C3H8O.CH4O.CH4.W/c1-3-9(2)10-7-5-4-6-8-10;7-6-4-2-1-3-5-6;1-3-4-2;1-2;;/h4-9H,3H2,1-2H3;1-5,7H;3H2,1-2H3;2H,1H3;1H4;. The van der Waals surface area contributed by atoms with E-state index in [-0.39, 0.29) is 28.5 Å². The summed E-state index contributed by atoms with van der Waals surface area (Å²) in [6.45, 7) is 7.26. The van der Waals surface area contributed by atoms with Crippen molar-refractivity contribution in [3.63, 3.8) is 0 Å². The molecule has 0 saturated carbocycles. The minimum Gasteiger partial charge on any atom is -0.508 e. The first-order valence-corrected chi connectivity index (χ1v) is 7.88. The minimum atomic E-state index is 0. The van der Waals surface area contributed by atoms with Crippen molar-refractivity contribution in [2.45, 2.75) is 40.5 Å². The van der Waals surface area contributed by atoms with Gasteiger partial charge in [-0.3, -0.25) is 0 Å². The molecule has 0 aliphatic carbocycles. The second-order valence-corrected chi connectivity index (χ2v) is 4.63. The van der Waals surface area contributed by atoms with Crippen LogP contribution in [0.2, 0.25) is 0 Å². The molecule has 4 heteroatoms. The fourth-order valence-electron chi connectivity index (χ4n) is 1.45.